The Morgan fingerprint density at radius 2 is 2.24 bits per heavy atom. The third-order valence-electron chi connectivity index (χ3n) is 3.87. The fraction of sp³-hybridized carbons (Fsp3) is 0.917. The number of hydrogen-bond donors (Lipinski definition) is 2. The molecule has 0 radical (unpaired) electrons. The number of nitrogens with two attached hydrogens (primary N) is 1. The maximum Gasteiger partial charge on any atom is 0.314 e. The number of urea groups is 1. The highest BCUT2D eigenvalue weighted by Crippen LogP contribution is 2.37. The molecule has 2 amide bonds. The molecule has 3 N–H and O–H groups in total. The van der Waals surface area contributed by atoms with Gasteiger partial charge in [-0.25, -0.2) is 4.79 Å². The van der Waals surface area contributed by atoms with E-state index in [1.807, 2.05) is 0 Å². The topological polar surface area (TPSA) is 58.4 Å². The van der Waals surface area contributed by atoms with E-state index in [1.165, 1.54) is 18.6 Å². The molecule has 1 unspecified atom stereocenters. The predicted molar refractivity (Wildman–Crippen MR) is 72.3 cm³/mol. The van der Waals surface area contributed by atoms with Crippen molar-refractivity contribution in [2.45, 2.75) is 43.4 Å². The summed E-state index contributed by atoms with van der Waals surface area (Å²) < 4.78 is 0.431. The lowest BCUT2D eigenvalue weighted by Crippen LogP contribution is -2.48. The van der Waals surface area contributed by atoms with Crippen LogP contribution in [0.1, 0.15) is 32.6 Å². The van der Waals surface area contributed by atoms with Gasteiger partial charge >= 0.3 is 6.03 Å². The van der Waals surface area contributed by atoms with Crippen LogP contribution in [0.3, 0.4) is 0 Å². The monoisotopic (exact) mass is 257 g/mol. The zero-order chi connectivity index (χ0) is 12.3. The highest BCUT2D eigenvalue weighted by atomic mass is 32.2. The molecule has 0 aromatic heterocycles. The Labute approximate surface area is 108 Å². The number of carbonyl (C=O) groups excluding carboxylic acids is 1. The van der Waals surface area contributed by atoms with E-state index < -0.39 is 0 Å². The Kier molecular flexibility index (Phi) is 4.20. The third kappa shape index (κ3) is 3.52. The average Bonchev–Trinajstić information content (AvgIpc) is 2.75. The molecule has 2 fully saturated rings. The first-order chi connectivity index (χ1) is 8.09. The van der Waals surface area contributed by atoms with E-state index in [-0.39, 0.29) is 6.03 Å². The summed E-state index contributed by atoms with van der Waals surface area (Å²) in [5, 5.41) is 3.66. The molecular formula is C12H23N3OS. The van der Waals surface area contributed by atoms with Gasteiger partial charge in [0.2, 0.25) is 0 Å². The van der Waals surface area contributed by atoms with Gasteiger partial charge in [0.1, 0.15) is 0 Å². The molecule has 2 rings (SSSR count). The van der Waals surface area contributed by atoms with Gasteiger partial charge in [0.25, 0.3) is 0 Å². The van der Waals surface area contributed by atoms with E-state index in [0.717, 1.165) is 32.5 Å². The first-order valence-electron chi connectivity index (χ1n) is 6.51. The van der Waals surface area contributed by atoms with Crippen LogP contribution in [-0.2, 0) is 0 Å². The molecule has 0 spiro atoms. The van der Waals surface area contributed by atoms with E-state index >= 15 is 0 Å². The zero-order valence-electron chi connectivity index (χ0n) is 10.6. The van der Waals surface area contributed by atoms with Crippen LogP contribution in [0.5, 0.6) is 0 Å². The Morgan fingerprint density at radius 1 is 1.53 bits per heavy atom. The van der Waals surface area contributed by atoms with E-state index in [0.29, 0.717) is 10.8 Å². The van der Waals surface area contributed by atoms with Crippen molar-refractivity contribution >= 4 is 17.8 Å². The number of hydrogen-bond acceptors (Lipinski definition) is 3. The molecule has 5 heteroatoms. The quantitative estimate of drug-likeness (QED) is 0.803. The SMILES string of the molecule is CC1(CNC2CCN(C(N)=O)CC2)CCCS1. The van der Waals surface area contributed by atoms with Gasteiger partial charge in [-0.1, -0.05) is 0 Å². The summed E-state index contributed by atoms with van der Waals surface area (Å²) in [5.41, 5.74) is 5.27. The number of nitrogens with zero attached hydrogens (tertiary/aromatic N) is 1. The number of thioether (sulfide) groups is 1. The third-order valence-corrected chi connectivity index (χ3v) is 5.41. The molecule has 17 heavy (non-hydrogen) atoms. The van der Waals surface area contributed by atoms with Crippen LogP contribution >= 0.6 is 11.8 Å². The highest BCUT2D eigenvalue weighted by Gasteiger charge is 2.30. The van der Waals surface area contributed by atoms with Crippen LogP contribution in [0.15, 0.2) is 0 Å². The Hall–Kier alpha value is -0.420. The Bertz CT molecular complexity index is 271. The Balaban J connectivity index is 1.69. The van der Waals surface area contributed by atoms with Crippen molar-refractivity contribution in [1.29, 1.82) is 0 Å². The van der Waals surface area contributed by atoms with Gasteiger partial charge < -0.3 is 16.0 Å². The maximum absolute atomic E-state index is 11.0. The zero-order valence-corrected chi connectivity index (χ0v) is 11.4. The van der Waals surface area contributed by atoms with Crippen molar-refractivity contribution < 1.29 is 4.79 Å². The van der Waals surface area contributed by atoms with Crippen molar-refractivity contribution in [1.82, 2.24) is 10.2 Å². The first kappa shape index (κ1) is 13.0. The van der Waals surface area contributed by atoms with E-state index in [2.05, 4.69) is 24.0 Å². The highest BCUT2D eigenvalue weighted by molar-refractivity contribution is 8.00. The number of piperidine rings is 1. The van der Waals surface area contributed by atoms with Gasteiger partial charge in [0.15, 0.2) is 0 Å². The summed E-state index contributed by atoms with van der Waals surface area (Å²) in [5.74, 6) is 1.30. The molecule has 2 aliphatic rings. The summed E-state index contributed by atoms with van der Waals surface area (Å²) in [4.78, 5) is 12.7. The van der Waals surface area contributed by atoms with E-state index in [1.54, 1.807) is 4.90 Å². The fourth-order valence-electron chi connectivity index (χ4n) is 2.64. The summed E-state index contributed by atoms with van der Waals surface area (Å²) in [6.45, 7) is 5.06. The lowest BCUT2D eigenvalue weighted by atomic mass is 10.0. The number of likely N-dealkylation sites (tertiary alicyclic amines) is 1. The lowest BCUT2D eigenvalue weighted by Gasteiger charge is -2.33. The van der Waals surface area contributed by atoms with Crippen LogP contribution in [0.4, 0.5) is 4.79 Å². The Morgan fingerprint density at radius 3 is 2.76 bits per heavy atom. The smallest absolute Gasteiger partial charge is 0.314 e. The first-order valence-corrected chi connectivity index (χ1v) is 7.49. The standard InChI is InChI=1S/C12H23N3OS/c1-12(5-2-8-17-12)9-14-10-3-6-15(7-4-10)11(13)16/h10,14H,2-9H2,1H3,(H2,13,16). The van der Waals surface area contributed by atoms with Crippen molar-refractivity contribution in [3.05, 3.63) is 0 Å². The summed E-state index contributed by atoms with van der Waals surface area (Å²) in [6, 6.07) is 0.283. The van der Waals surface area contributed by atoms with Gasteiger partial charge in [-0.2, -0.15) is 11.8 Å². The summed E-state index contributed by atoms with van der Waals surface area (Å²) >= 11 is 2.09. The lowest BCUT2D eigenvalue weighted by molar-refractivity contribution is 0.184. The van der Waals surface area contributed by atoms with E-state index in [9.17, 15) is 4.79 Å². The molecule has 0 bridgehead atoms. The number of amides is 2. The van der Waals surface area contributed by atoms with Crippen LogP contribution in [0.2, 0.25) is 0 Å². The van der Waals surface area contributed by atoms with Gasteiger partial charge in [0.05, 0.1) is 0 Å². The largest absolute Gasteiger partial charge is 0.351 e. The minimum Gasteiger partial charge on any atom is -0.351 e. The van der Waals surface area contributed by atoms with Crippen LogP contribution in [0, 0.1) is 0 Å². The van der Waals surface area contributed by atoms with Gasteiger partial charge in [0, 0.05) is 30.4 Å². The average molecular weight is 257 g/mol. The van der Waals surface area contributed by atoms with Crippen LogP contribution in [-0.4, -0.2) is 47.1 Å². The van der Waals surface area contributed by atoms with Crippen LogP contribution in [0.25, 0.3) is 0 Å². The number of carbonyl (C=O) groups is 1. The van der Waals surface area contributed by atoms with Crippen LogP contribution < -0.4 is 11.1 Å². The van der Waals surface area contributed by atoms with Crippen molar-refractivity contribution in [3.63, 3.8) is 0 Å². The molecule has 2 aliphatic heterocycles. The minimum absolute atomic E-state index is 0.276. The summed E-state index contributed by atoms with van der Waals surface area (Å²) in [6.07, 6.45) is 4.74. The van der Waals surface area contributed by atoms with E-state index in [4.69, 9.17) is 5.73 Å². The number of nitrogens with one attached hydrogen (secondary N) is 1. The van der Waals surface area contributed by atoms with Gasteiger partial charge in [-0.15, -0.1) is 0 Å². The molecule has 4 nitrogen and oxygen atoms in total. The molecule has 98 valence electrons. The molecular weight excluding hydrogens is 234 g/mol. The van der Waals surface area contributed by atoms with Crippen molar-refractivity contribution in [2.24, 2.45) is 5.73 Å². The minimum atomic E-state index is -0.276. The summed E-state index contributed by atoms with van der Waals surface area (Å²) in [7, 11) is 0. The van der Waals surface area contributed by atoms with Gasteiger partial charge in [-0.3, -0.25) is 0 Å². The van der Waals surface area contributed by atoms with Crippen molar-refractivity contribution in [3.8, 4) is 0 Å². The normalized spacial score (nSPS) is 30.8. The van der Waals surface area contributed by atoms with Crippen molar-refractivity contribution in [2.75, 3.05) is 25.4 Å². The second kappa shape index (κ2) is 5.48. The molecule has 0 aliphatic carbocycles. The molecule has 2 saturated heterocycles. The molecule has 2 heterocycles. The molecule has 0 aromatic rings. The number of rotatable bonds is 3. The van der Waals surface area contributed by atoms with Gasteiger partial charge in [-0.05, 0) is 38.4 Å². The number of primary amides is 1. The molecule has 0 aromatic carbocycles. The second-order valence-corrected chi connectivity index (χ2v) is 7.06. The predicted octanol–water partition coefficient (Wildman–Crippen LogP) is 1.40. The molecule has 1 atom stereocenters. The maximum atomic E-state index is 11.0. The fourth-order valence-corrected chi connectivity index (χ4v) is 3.90. The molecule has 0 saturated carbocycles. The second-order valence-electron chi connectivity index (χ2n) is 5.38.